The third-order valence-electron chi connectivity index (χ3n) is 5.15. The van der Waals surface area contributed by atoms with Crippen molar-refractivity contribution in [3.05, 3.63) is 17.0 Å². The summed E-state index contributed by atoms with van der Waals surface area (Å²) in [6, 6.07) is 0. The lowest BCUT2D eigenvalue weighted by Crippen LogP contribution is -2.39. The molecule has 2 aliphatic heterocycles. The molecule has 0 radical (unpaired) electrons. The van der Waals surface area contributed by atoms with Crippen molar-refractivity contribution in [2.45, 2.75) is 46.1 Å². The number of hydrogen-bond acceptors (Lipinski definition) is 4. The lowest BCUT2D eigenvalue weighted by atomic mass is 9.92. The minimum absolute atomic E-state index is 0.0450. The van der Waals surface area contributed by atoms with Crippen molar-refractivity contribution in [3.63, 3.8) is 0 Å². The second-order valence-electron chi connectivity index (χ2n) is 7.62. The average molecular weight is 333 g/mol. The van der Waals surface area contributed by atoms with Crippen LogP contribution in [0.3, 0.4) is 0 Å². The van der Waals surface area contributed by atoms with Gasteiger partial charge in [-0.3, -0.25) is 9.89 Å². The van der Waals surface area contributed by atoms with Crippen LogP contribution < -0.4 is 10.6 Å². The summed E-state index contributed by atoms with van der Waals surface area (Å²) in [7, 11) is 0. The summed E-state index contributed by atoms with van der Waals surface area (Å²) in [5.74, 6) is 1.58. The monoisotopic (exact) mass is 333 g/mol. The maximum absolute atomic E-state index is 12.3. The predicted molar refractivity (Wildman–Crippen MR) is 95.0 cm³/mol. The maximum atomic E-state index is 12.3. The minimum Gasteiger partial charge on any atom is -0.351 e. The summed E-state index contributed by atoms with van der Waals surface area (Å²) in [4.78, 5) is 14.9. The Morgan fingerprint density at radius 3 is 2.88 bits per heavy atom. The Morgan fingerprint density at radius 2 is 2.08 bits per heavy atom. The number of aromatic nitrogens is 2. The number of unbranched alkanes of at least 4 members (excludes halogenated alkanes) is 1. The molecule has 3 heterocycles. The van der Waals surface area contributed by atoms with Crippen LogP contribution in [-0.2, 0) is 13.0 Å². The van der Waals surface area contributed by atoms with E-state index in [1.807, 2.05) is 0 Å². The van der Waals surface area contributed by atoms with E-state index in [2.05, 4.69) is 39.6 Å². The molecule has 0 spiro atoms. The summed E-state index contributed by atoms with van der Waals surface area (Å²) >= 11 is 0. The molecule has 1 aromatic heterocycles. The van der Waals surface area contributed by atoms with Crippen molar-refractivity contribution in [2.75, 3.05) is 32.7 Å². The molecule has 6 heteroatoms. The van der Waals surface area contributed by atoms with E-state index in [-0.39, 0.29) is 5.91 Å². The number of carbonyl (C=O) groups excluding carboxylic acids is 1. The predicted octanol–water partition coefficient (Wildman–Crippen LogP) is 1.54. The molecule has 3 rings (SSSR count). The summed E-state index contributed by atoms with van der Waals surface area (Å²) in [6.45, 7) is 10.7. The minimum atomic E-state index is -0.0450. The van der Waals surface area contributed by atoms with E-state index in [0.717, 1.165) is 68.5 Å². The van der Waals surface area contributed by atoms with Crippen LogP contribution in [0.4, 0.5) is 0 Å². The van der Waals surface area contributed by atoms with Gasteiger partial charge in [-0.1, -0.05) is 13.8 Å². The van der Waals surface area contributed by atoms with Crippen molar-refractivity contribution >= 4 is 5.91 Å². The molecule has 134 valence electrons. The first kappa shape index (κ1) is 17.4. The molecule has 0 aromatic carbocycles. The highest BCUT2D eigenvalue weighted by Gasteiger charge is 2.22. The highest BCUT2D eigenvalue weighted by atomic mass is 16.1. The molecule has 3 N–H and O–H groups in total. The van der Waals surface area contributed by atoms with Gasteiger partial charge in [0, 0.05) is 50.4 Å². The first-order valence-electron chi connectivity index (χ1n) is 9.41. The zero-order chi connectivity index (χ0) is 16.9. The van der Waals surface area contributed by atoms with E-state index < -0.39 is 0 Å². The largest absolute Gasteiger partial charge is 0.351 e. The van der Waals surface area contributed by atoms with Crippen LogP contribution >= 0.6 is 0 Å². The molecular formula is C18H31N5O. The van der Waals surface area contributed by atoms with Crippen LogP contribution in [0.2, 0.25) is 0 Å². The molecule has 0 bridgehead atoms. The molecule has 1 amide bonds. The van der Waals surface area contributed by atoms with Gasteiger partial charge in [0.25, 0.3) is 5.91 Å². The number of carbonyl (C=O) groups is 1. The zero-order valence-electron chi connectivity index (χ0n) is 15.0. The van der Waals surface area contributed by atoms with Crippen molar-refractivity contribution in [3.8, 4) is 0 Å². The molecule has 1 fully saturated rings. The quantitative estimate of drug-likeness (QED) is 0.691. The molecule has 2 unspecified atom stereocenters. The number of rotatable bonds is 6. The van der Waals surface area contributed by atoms with Gasteiger partial charge in [-0.2, -0.15) is 5.10 Å². The number of fused-ring (bicyclic) bond motifs is 1. The van der Waals surface area contributed by atoms with Gasteiger partial charge in [0.2, 0.25) is 0 Å². The van der Waals surface area contributed by atoms with Crippen molar-refractivity contribution in [1.82, 2.24) is 25.7 Å². The average Bonchev–Trinajstić information content (AvgIpc) is 2.97. The number of aromatic amines is 1. The fourth-order valence-corrected chi connectivity index (χ4v) is 4.13. The fourth-order valence-electron chi connectivity index (χ4n) is 4.13. The second kappa shape index (κ2) is 8.12. The van der Waals surface area contributed by atoms with Gasteiger partial charge in [-0.25, -0.2) is 0 Å². The Kier molecular flexibility index (Phi) is 5.89. The molecule has 2 atom stereocenters. The first-order chi connectivity index (χ1) is 11.6. The Labute approximate surface area is 144 Å². The molecule has 0 saturated carbocycles. The van der Waals surface area contributed by atoms with Crippen LogP contribution in [0, 0.1) is 11.8 Å². The second-order valence-corrected chi connectivity index (χ2v) is 7.62. The molecule has 6 nitrogen and oxygen atoms in total. The summed E-state index contributed by atoms with van der Waals surface area (Å²) in [6.07, 6.45) is 4.44. The Bertz CT molecular complexity index is 546. The number of piperidine rings is 1. The molecule has 0 aliphatic carbocycles. The lowest BCUT2D eigenvalue weighted by molar-refractivity contribution is 0.0945. The summed E-state index contributed by atoms with van der Waals surface area (Å²) in [5, 5.41) is 13.5. The van der Waals surface area contributed by atoms with Gasteiger partial charge in [0.1, 0.15) is 0 Å². The molecule has 1 saturated heterocycles. The normalized spacial score (nSPS) is 24.6. The third-order valence-corrected chi connectivity index (χ3v) is 5.15. The molecular weight excluding hydrogens is 302 g/mol. The third kappa shape index (κ3) is 4.36. The Balaban J connectivity index is 1.36. The van der Waals surface area contributed by atoms with Gasteiger partial charge in [-0.05, 0) is 37.6 Å². The van der Waals surface area contributed by atoms with Gasteiger partial charge >= 0.3 is 0 Å². The van der Waals surface area contributed by atoms with Crippen molar-refractivity contribution in [2.24, 2.45) is 11.8 Å². The van der Waals surface area contributed by atoms with Crippen LogP contribution in [0.1, 0.15) is 54.9 Å². The smallest absolute Gasteiger partial charge is 0.272 e. The first-order valence-corrected chi connectivity index (χ1v) is 9.41. The fraction of sp³-hybridized carbons (Fsp3) is 0.778. The lowest BCUT2D eigenvalue weighted by Gasteiger charge is -2.34. The van der Waals surface area contributed by atoms with E-state index in [9.17, 15) is 4.79 Å². The zero-order valence-corrected chi connectivity index (χ0v) is 15.0. The summed E-state index contributed by atoms with van der Waals surface area (Å²) in [5.41, 5.74) is 2.71. The van der Waals surface area contributed by atoms with E-state index >= 15 is 0 Å². The highest BCUT2D eigenvalue weighted by molar-refractivity contribution is 5.94. The Hall–Kier alpha value is -1.40. The van der Waals surface area contributed by atoms with Crippen LogP contribution in [-0.4, -0.2) is 53.7 Å². The SMILES string of the molecule is CC1CC(C)CN(CCCCNC(=O)c2n[nH]c3c2CNCC3)C1. The van der Waals surface area contributed by atoms with E-state index in [4.69, 9.17) is 0 Å². The number of nitrogens with one attached hydrogen (secondary N) is 3. The number of hydrogen-bond donors (Lipinski definition) is 3. The van der Waals surface area contributed by atoms with Crippen LogP contribution in [0.15, 0.2) is 0 Å². The van der Waals surface area contributed by atoms with Gasteiger partial charge < -0.3 is 15.5 Å². The van der Waals surface area contributed by atoms with Crippen molar-refractivity contribution < 1.29 is 4.79 Å². The molecule has 1 aromatic rings. The van der Waals surface area contributed by atoms with Gasteiger partial charge in [0.05, 0.1) is 0 Å². The number of likely N-dealkylation sites (tertiary alicyclic amines) is 1. The molecule has 2 aliphatic rings. The standard InChI is InChI=1S/C18H31N5O/c1-13-9-14(2)12-23(11-13)8-4-3-6-20-18(24)17-15-10-19-7-5-16(15)21-22-17/h13-14,19H,3-12H2,1-2H3,(H,20,24)(H,21,22). The van der Waals surface area contributed by atoms with Crippen molar-refractivity contribution in [1.29, 1.82) is 0 Å². The van der Waals surface area contributed by atoms with Crippen LogP contribution in [0.5, 0.6) is 0 Å². The van der Waals surface area contributed by atoms with E-state index in [0.29, 0.717) is 5.69 Å². The topological polar surface area (TPSA) is 73.0 Å². The highest BCUT2D eigenvalue weighted by Crippen LogP contribution is 2.21. The molecule has 24 heavy (non-hydrogen) atoms. The van der Waals surface area contributed by atoms with E-state index in [1.165, 1.54) is 19.5 Å². The maximum Gasteiger partial charge on any atom is 0.272 e. The number of nitrogens with zero attached hydrogens (tertiary/aromatic N) is 2. The van der Waals surface area contributed by atoms with Gasteiger partial charge in [0.15, 0.2) is 5.69 Å². The Morgan fingerprint density at radius 1 is 1.29 bits per heavy atom. The van der Waals surface area contributed by atoms with E-state index in [1.54, 1.807) is 0 Å². The van der Waals surface area contributed by atoms with Crippen LogP contribution in [0.25, 0.3) is 0 Å². The number of H-pyrrole nitrogens is 1. The summed E-state index contributed by atoms with van der Waals surface area (Å²) < 4.78 is 0. The number of amides is 1. The van der Waals surface area contributed by atoms with Gasteiger partial charge in [-0.15, -0.1) is 0 Å².